The van der Waals surface area contributed by atoms with Gasteiger partial charge in [-0.1, -0.05) is 23.7 Å². The van der Waals surface area contributed by atoms with Gasteiger partial charge in [0.2, 0.25) is 5.91 Å². The number of carbonyl (C=O) groups excluding carboxylic acids is 2. The molecule has 4 rings (SSSR count). The van der Waals surface area contributed by atoms with Gasteiger partial charge in [-0.3, -0.25) is 9.59 Å². The molecule has 0 saturated heterocycles. The second kappa shape index (κ2) is 10.2. The Morgan fingerprint density at radius 3 is 2.31 bits per heavy atom. The molecule has 35 heavy (non-hydrogen) atoms. The Kier molecular flexibility index (Phi) is 7.23. The van der Waals surface area contributed by atoms with Crippen molar-refractivity contribution in [3.05, 3.63) is 82.1 Å². The zero-order valence-electron chi connectivity index (χ0n) is 19.6. The molecule has 1 N–H and O–H groups in total. The molecule has 0 bridgehead atoms. The van der Waals surface area contributed by atoms with Gasteiger partial charge in [0.05, 0.1) is 36.9 Å². The molecule has 0 saturated carbocycles. The van der Waals surface area contributed by atoms with Crippen LogP contribution < -0.4 is 14.8 Å². The number of rotatable bonds is 6. The van der Waals surface area contributed by atoms with Crippen molar-refractivity contribution in [2.75, 3.05) is 32.8 Å². The number of anilines is 1. The number of benzene rings is 3. The molecular formula is C26H24ClFN2O4S. The second-order valence-corrected chi connectivity index (χ2v) is 9.31. The highest BCUT2D eigenvalue weighted by Crippen LogP contribution is 2.46. The summed E-state index contributed by atoms with van der Waals surface area (Å²) in [6.45, 7) is 0. The summed E-state index contributed by atoms with van der Waals surface area (Å²) in [4.78, 5) is 29.9. The van der Waals surface area contributed by atoms with Crippen LogP contribution >= 0.6 is 23.4 Å². The van der Waals surface area contributed by atoms with Gasteiger partial charge < -0.3 is 19.7 Å². The molecule has 1 heterocycles. The van der Waals surface area contributed by atoms with Crippen LogP contribution in [0.1, 0.15) is 33.4 Å². The van der Waals surface area contributed by atoms with E-state index in [-0.39, 0.29) is 16.6 Å². The van der Waals surface area contributed by atoms with Crippen molar-refractivity contribution in [3.8, 4) is 11.5 Å². The first kappa shape index (κ1) is 24.9. The molecule has 0 fully saturated rings. The Bertz CT molecular complexity index is 1290. The SMILES string of the molecule is COc1cc2c(cc1OC)C(C(=O)Nc1ccc(F)cc1Cl)C(c1ccc(SC)cc1)N(C)C2=O. The number of amides is 2. The minimum atomic E-state index is -0.811. The maximum atomic E-state index is 13.8. The number of halogens is 2. The predicted octanol–water partition coefficient (Wildman–Crippen LogP) is 5.77. The maximum absolute atomic E-state index is 13.8. The van der Waals surface area contributed by atoms with Gasteiger partial charge in [0.25, 0.3) is 5.91 Å². The fourth-order valence-corrected chi connectivity index (χ4v) is 4.97. The molecule has 2 atom stereocenters. The van der Waals surface area contributed by atoms with Crippen LogP contribution in [-0.4, -0.2) is 44.2 Å². The van der Waals surface area contributed by atoms with Crippen LogP contribution in [0, 0.1) is 5.82 Å². The van der Waals surface area contributed by atoms with Gasteiger partial charge in [0.1, 0.15) is 5.82 Å². The number of carbonyl (C=O) groups is 2. The van der Waals surface area contributed by atoms with Gasteiger partial charge in [-0.2, -0.15) is 0 Å². The minimum absolute atomic E-state index is 0.0759. The van der Waals surface area contributed by atoms with E-state index in [0.29, 0.717) is 22.6 Å². The van der Waals surface area contributed by atoms with Crippen LogP contribution in [-0.2, 0) is 4.79 Å². The van der Waals surface area contributed by atoms with Crippen molar-refractivity contribution < 1.29 is 23.5 Å². The quantitative estimate of drug-likeness (QED) is 0.423. The zero-order valence-corrected chi connectivity index (χ0v) is 21.2. The predicted molar refractivity (Wildman–Crippen MR) is 135 cm³/mol. The Hall–Kier alpha value is -3.23. The lowest BCUT2D eigenvalue weighted by Gasteiger charge is -2.40. The smallest absolute Gasteiger partial charge is 0.254 e. The van der Waals surface area contributed by atoms with Crippen molar-refractivity contribution in [3.63, 3.8) is 0 Å². The number of likely N-dealkylation sites (N-methyl/N-ethyl adjacent to an activating group) is 1. The number of hydrogen-bond acceptors (Lipinski definition) is 5. The largest absolute Gasteiger partial charge is 0.493 e. The standard InChI is InChI=1S/C26H24ClFN2O4S/c1-30-24(14-5-8-16(35-4)9-6-14)23(25(31)29-20-10-7-15(28)11-19(20)27)17-12-21(33-2)22(34-3)13-18(17)26(30)32/h5-13,23-24H,1-4H3,(H,29,31). The van der Waals surface area contributed by atoms with Crippen molar-refractivity contribution in [1.82, 2.24) is 4.90 Å². The number of nitrogens with one attached hydrogen (secondary N) is 1. The first-order valence-electron chi connectivity index (χ1n) is 10.7. The van der Waals surface area contributed by atoms with Crippen LogP contribution in [0.2, 0.25) is 5.02 Å². The molecule has 0 radical (unpaired) electrons. The summed E-state index contributed by atoms with van der Waals surface area (Å²) in [7, 11) is 4.64. The van der Waals surface area contributed by atoms with E-state index in [1.54, 1.807) is 35.8 Å². The molecule has 3 aromatic rings. The fourth-order valence-electron chi connectivity index (χ4n) is 4.35. The third-order valence-electron chi connectivity index (χ3n) is 6.10. The van der Waals surface area contributed by atoms with E-state index >= 15 is 0 Å². The summed E-state index contributed by atoms with van der Waals surface area (Å²) >= 11 is 7.78. The molecule has 2 amide bonds. The molecule has 182 valence electrons. The van der Waals surface area contributed by atoms with E-state index in [9.17, 15) is 14.0 Å². The summed E-state index contributed by atoms with van der Waals surface area (Å²) in [5, 5.41) is 2.90. The van der Waals surface area contributed by atoms with Gasteiger partial charge >= 0.3 is 0 Å². The topological polar surface area (TPSA) is 67.9 Å². The lowest BCUT2D eigenvalue weighted by molar-refractivity contribution is -0.119. The van der Waals surface area contributed by atoms with Crippen LogP contribution in [0.15, 0.2) is 59.5 Å². The molecule has 3 aromatic carbocycles. The fraction of sp³-hybridized carbons (Fsp3) is 0.231. The Morgan fingerprint density at radius 2 is 1.71 bits per heavy atom. The Balaban J connectivity index is 1.87. The van der Waals surface area contributed by atoms with Crippen LogP contribution in [0.5, 0.6) is 11.5 Å². The number of fused-ring (bicyclic) bond motifs is 1. The highest BCUT2D eigenvalue weighted by molar-refractivity contribution is 7.98. The first-order chi connectivity index (χ1) is 16.8. The van der Waals surface area contributed by atoms with Crippen molar-refractivity contribution >= 4 is 40.9 Å². The summed E-state index contributed by atoms with van der Waals surface area (Å²) in [6, 6.07) is 14.1. The highest BCUT2D eigenvalue weighted by Gasteiger charge is 2.43. The van der Waals surface area contributed by atoms with E-state index in [4.69, 9.17) is 21.1 Å². The van der Waals surface area contributed by atoms with E-state index in [1.165, 1.54) is 26.4 Å². The summed E-state index contributed by atoms with van der Waals surface area (Å²) in [5.74, 6) is -1.18. The molecule has 9 heteroatoms. The Morgan fingerprint density at radius 1 is 1.06 bits per heavy atom. The van der Waals surface area contributed by atoms with Gasteiger partial charge in [0, 0.05) is 17.5 Å². The number of nitrogens with zero attached hydrogens (tertiary/aromatic N) is 1. The molecule has 1 aliphatic rings. The third kappa shape index (κ3) is 4.68. The van der Waals surface area contributed by atoms with Gasteiger partial charge in [-0.05, 0) is 59.8 Å². The number of ether oxygens (including phenoxy) is 2. The number of hydrogen-bond donors (Lipinski definition) is 1. The monoisotopic (exact) mass is 514 g/mol. The summed E-state index contributed by atoms with van der Waals surface area (Å²) < 4.78 is 24.4. The van der Waals surface area contributed by atoms with E-state index in [2.05, 4.69) is 5.32 Å². The van der Waals surface area contributed by atoms with E-state index in [0.717, 1.165) is 16.5 Å². The van der Waals surface area contributed by atoms with Crippen molar-refractivity contribution in [1.29, 1.82) is 0 Å². The maximum Gasteiger partial charge on any atom is 0.254 e. The molecular weight excluding hydrogens is 491 g/mol. The average molecular weight is 515 g/mol. The molecule has 0 aliphatic carbocycles. The molecule has 2 unspecified atom stereocenters. The highest BCUT2D eigenvalue weighted by atomic mass is 35.5. The molecule has 1 aliphatic heterocycles. The summed E-state index contributed by atoms with van der Waals surface area (Å²) in [6.07, 6.45) is 1.98. The molecule has 0 spiro atoms. The lowest BCUT2D eigenvalue weighted by atomic mass is 9.79. The molecule has 6 nitrogen and oxygen atoms in total. The summed E-state index contributed by atoms with van der Waals surface area (Å²) in [5.41, 5.74) is 1.91. The minimum Gasteiger partial charge on any atom is -0.493 e. The third-order valence-corrected chi connectivity index (χ3v) is 7.16. The van der Waals surface area contributed by atoms with Gasteiger partial charge in [-0.25, -0.2) is 4.39 Å². The van der Waals surface area contributed by atoms with Crippen LogP contribution in [0.4, 0.5) is 10.1 Å². The Labute approximate surface area is 212 Å². The first-order valence-corrected chi connectivity index (χ1v) is 12.3. The second-order valence-electron chi connectivity index (χ2n) is 8.02. The number of thioether (sulfide) groups is 1. The van der Waals surface area contributed by atoms with E-state index in [1.807, 2.05) is 30.5 Å². The van der Waals surface area contributed by atoms with E-state index < -0.39 is 23.7 Å². The zero-order chi connectivity index (χ0) is 25.3. The average Bonchev–Trinajstić information content (AvgIpc) is 2.86. The molecule has 0 aromatic heterocycles. The normalized spacial score (nSPS) is 17.1. The van der Waals surface area contributed by atoms with Crippen molar-refractivity contribution in [2.24, 2.45) is 0 Å². The van der Waals surface area contributed by atoms with Crippen molar-refractivity contribution in [2.45, 2.75) is 16.9 Å². The van der Waals surface area contributed by atoms with Crippen LogP contribution in [0.3, 0.4) is 0 Å². The number of methoxy groups -OCH3 is 2. The lowest BCUT2D eigenvalue weighted by Crippen LogP contribution is -2.44. The van der Waals surface area contributed by atoms with Gasteiger partial charge in [0.15, 0.2) is 11.5 Å². The van der Waals surface area contributed by atoms with Gasteiger partial charge in [-0.15, -0.1) is 11.8 Å². The van der Waals surface area contributed by atoms with Crippen LogP contribution in [0.25, 0.3) is 0 Å².